The molecule has 1 aromatic rings. The molecule has 6 heteroatoms. The minimum Gasteiger partial charge on any atom is -0.347 e. The first-order valence-electron chi connectivity index (χ1n) is 6.62. The summed E-state index contributed by atoms with van der Waals surface area (Å²) in [6.07, 6.45) is 2.71. The minimum absolute atomic E-state index is 0.115. The van der Waals surface area contributed by atoms with E-state index in [1.54, 1.807) is 11.0 Å². The number of hydrogen-bond acceptors (Lipinski definition) is 4. The maximum atomic E-state index is 11.9. The highest BCUT2D eigenvalue weighted by molar-refractivity contribution is 6.29. The number of rotatable bonds is 3. The van der Waals surface area contributed by atoms with Gasteiger partial charge in [-0.05, 0) is 12.8 Å². The van der Waals surface area contributed by atoms with Crippen LogP contribution in [0.15, 0.2) is 6.07 Å². The van der Waals surface area contributed by atoms with Crippen molar-refractivity contribution in [2.75, 3.05) is 31.6 Å². The Morgan fingerprint density at radius 1 is 1.37 bits per heavy atom. The van der Waals surface area contributed by atoms with E-state index in [9.17, 15) is 4.79 Å². The van der Waals surface area contributed by atoms with Crippen LogP contribution in [0.3, 0.4) is 0 Å². The lowest BCUT2D eigenvalue weighted by molar-refractivity contribution is -0.127. The van der Waals surface area contributed by atoms with Crippen LogP contribution in [0.2, 0.25) is 5.15 Å². The summed E-state index contributed by atoms with van der Waals surface area (Å²) >= 11 is 6.04. The van der Waals surface area contributed by atoms with Crippen LogP contribution >= 0.6 is 11.6 Å². The summed E-state index contributed by atoms with van der Waals surface area (Å²) in [6.45, 7) is 4.04. The number of carbonyl (C=O) groups is 1. The van der Waals surface area contributed by atoms with E-state index >= 15 is 0 Å². The van der Waals surface area contributed by atoms with E-state index < -0.39 is 0 Å². The molecule has 2 rings (SSSR count). The molecule has 0 atom stereocenters. The van der Waals surface area contributed by atoms with Gasteiger partial charge in [-0.25, -0.2) is 9.97 Å². The number of halogens is 1. The van der Waals surface area contributed by atoms with Crippen molar-refractivity contribution in [3.05, 3.63) is 17.0 Å². The number of likely N-dealkylation sites (N-methyl/N-ethyl adjacent to an activating group) is 1. The van der Waals surface area contributed by atoms with E-state index in [1.807, 2.05) is 11.9 Å². The first-order valence-corrected chi connectivity index (χ1v) is 7.00. The first-order chi connectivity index (χ1) is 9.10. The zero-order chi connectivity index (χ0) is 13.8. The zero-order valence-corrected chi connectivity index (χ0v) is 12.2. The maximum Gasteiger partial charge on any atom is 0.241 e. The fraction of sp³-hybridized carbons (Fsp3) is 0.615. The minimum atomic E-state index is 0.115. The number of anilines is 1. The molecule has 0 N–H and O–H groups in total. The molecule has 5 nitrogen and oxygen atoms in total. The summed E-state index contributed by atoms with van der Waals surface area (Å²) in [5, 5.41) is 0.443. The number of nitrogens with zero attached hydrogens (tertiary/aromatic N) is 4. The van der Waals surface area contributed by atoms with Gasteiger partial charge in [-0.2, -0.15) is 0 Å². The van der Waals surface area contributed by atoms with Gasteiger partial charge in [-0.3, -0.25) is 4.79 Å². The topological polar surface area (TPSA) is 49.3 Å². The number of amides is 1. The number of aromatic nitrogens is 2. The third-order valence-electron chi connectivity index (χ3n) is 3.20. The normalized spacial score (nSPS) is 16.7. The quantitative estimate of drug-likeness (QED) is 0.793. The van der Waals surface area contributed by atoms with Crippen molar-refractivity contribution in [1.82, 2.24) is 14.9 Å². The van der Waals surface area contributed by atoms with Crippen molar-refractivity contribution in [1.29, 1.82) is 0 Å². The molecule has 0 spiro atoms. The van der Waals surface area contributed by atoms with Gasteiger partial charge in [0.15, 0.2) is 0 Å². The molecule has 1 aliphatic rings. The van der Waals surface area contributed by atoms with Crippen LogP contribution in [0, 0.1) is 0 Å². The average Bonchev–Trinajstić information content (AvgIpc) is 2.52. The molecule has 19 heavy (non-hydrogen) atoms. The van der Waals surface area contributed by atoms with Gasteiger partial charge in [0.2, 0.25) is 5.91 Å². The Balaban J connectivity index is 2.22. The molecule has 0 aliphatic carbocycles. The van der Waals surface area contributed by atoms with Crippen molar-refractivity contribution in [3.8, 4) is 0 Å². The molecule has 0 bridgehead atoms. The van der Waals surface area contributed by atoms with Gasteiger partial charge < -0.3 is 9.80 Å². The molecular formula is C13H19ClN4O. The van der Waals surface area contributed by atoms with Gasteiger partial charge in [0.05, 0.1) is 6.54 Å². The Morgan fingerprint density at radius 2 is 2.16 bits per heavy atom. The molecule has 1 aliphatic heterocycles. The lowest BCUT2D eigenvalue weighted by atomic mass is 10.3. The van der Waals surface area contributed by atoms with Crippen LogP contribution in [-0.4, -0.2) is 47.5 Å². The SMILES string of the molecule is CCCc1nc(Cl)cc(N2CCCN(C)C(=O)C2)n1. The van der Waals surface area contributed by atoms with E-state index in [-0.39, 0.29) is 5.91 Å². The summed E-state index contributed by atoms with van der Waals surface area (Å²) in [7, 11) is 1.83. The predicted molar refractivity (Wildman–Crippen MR) is 75.5 cm³/mol. The smallest absolute Gasteiger partial charge is 0.241 e. The lowest BCUT2D eigenvalue weighted by Gasteiger charge is -2.21. The molecule has 0 radical (unpaired) electrons. The molecular weight excluding hydrogens is 264 g/mol. The standard InChI is InChI=1S/C13H19ClN4O/c1-3-5-11-15-10(14)8-12(16-11)18-7-4-6-17(2)13(19)9-18/h8H,3-7,9H2,1-2H3. The monoisotopic (exact) mass is 282 g/mol. The second kappa shape index (κ2) is 6.19. The van der Waals surface area contributed by atoms with Gasteiger partial charge in [0.25, 0.3) is 0 Å². The fourth-order valence-corrected chi connectivity index (χ4v) is 2.33. The van der Waals surface area contributed by atoms with E-state index in [1.165, 1.54) is 0 Å². The second-order valence-electron chi connectivity index (χ2n) is 4.81. The lowest BCUT2D eigenvalue weighted by Crippen LogP contribution is -2.34. The molecule has 0 saturated carbocycles. The highest BCUT2D eigenvalue weighted by Gasteiger charge is 2.20. The van der Waals surface area contributed by atoms with Gasteiger partial charge >= 0.3 is 0 Å². The maximum absolute atomic E-state index is 11.9. The summed E-state index contributed by atoms with van der Waals surface area (Å²) in [5.74, 6) is 1.62. The molecule has 2 heterocycles. The van der Waals surface area contributed by atoms with Crippen molar-refractivity contribution >= 4 is 23.3 Å². The van der Waals surface area contributed by atoms with Crippen LogP contribution < -0.4 is 4.90 Å². The summed E-state index contributed by atoms with van der Waals surface area (Å²) < 4.78 is 0. The summed E-state index contributed by atoms with van der Waals surface area (Å²) in [4.78, 5) is 24.4. The first kappa shape index (κ1) is 14.1. The van der Waals surface area contributed by atoms with E-state index in [0.29, 0.717) is 11.7 Å². The third-order valence-corrected chi connectivity index (χ3v) is 3.39. The van der Waals surface area contributed by atoms with Crippen LogP contribution in [0.25, 0.3) is 0 Å². The van der Waals surface area contributed by atoms with Gasteiger partial charge in [0.1, 0.15) is 16.8 Å². The van der Waals surface area contributed by atoms with Crippen molar-refractivity contribution < 1.29 is 4.79 Å². The van der Waals surface area contributed by atoms with Crippen molar-refractivity contribution in [2.24, 2.45) is 0 Å². The van der Waals surface area contributed by atoms with Crippen LogP contribution in [0.1, 0.15) is 25.6 Å². The largest absolute Gasteiger partial charge is 0.347 e. The Kier molecular flexibility index (Phi) is 4.58. The molecule has 1 aromatic heterocycles. The molecule has 1 amide bonds. The highest BCUT2D eigenvalue weighted by atomic mass is 35.5. The highest BCUT2D eigenvalue weighted by Crippen LogP contribution is 2.18. The molecule has 1 saturated heterocycles. The van der Waals surface area contributed by atoms with Crippen LogP contribution in [0.5, 0.6) is 0 Å². The number of carbonyl (C=O) groups excluding carboxylic acids is 1. The fourth-order valence-electron chi connectivity index (χ4n) is 2.13. The van der Waals surface area contributed by atoms with Gasteiger partial charge in [-0.1, -0.05) is 18.5 Å². The number of hydrogen-bond donors (Lipinski definition) is 0. The Bertz CT molecular complexity index is 466. The van der Waals surface area contributed by atoms with E-state index in [2.05, 4.69) is 16.9 Å². The van der Waals surface area contributed by atoms with Crippen molar-refractivity contribution in [2.45, 2.75) is 26.2 Å². The van der Waals surface area contributed by atoms with Gasteiger partial charge in [0, 0.05) is 32.6 Å². The average molecular weight is 283 g/mol. The Hall–Kier alpha value is -1.36. The van der Waals surface area contributed by atoms with Crippen LogP contribution in [-0.2, 0) is 11.2 Å². The van der Waals surface area contributed by atoms with Crippen molar-refractivity contribution in [3.63, 3.8) is 0 Å². The van der Waals surface area contributed by atoms with Crippen LogP contribution in [0.4, 0.5) is 5.82 Å². The van der Waals surface area contributed by atoms with E-state index in [4.69, 9.17) is 11.6 Å². The predicted octanol–water partition coefficient (Wildman–Crippen LogP) is 1.75. The Morgan fingerprint density at radius 3 is 2.89 bits per heavy atom. The molecule has 1 fully saturated rings. The van der Waals surface area contributed by atoms with Gasteiger partial charge in [-0.15, -0.1) is 0 Å². The zero-order valence-electron chi connectivity index (χ0n) is 11.4. The molecule has 0 unspecified atom stereocenters. The Labute approximate surface area is 118 Å². The second-order valence-corrected chi connectivity index (χ2v) is 5.19. The number of aryl methyl sites for hydroxylation is 1. The molecule has 104 valence electrons. The molecule has 0 aromatic carbocycles. The van der Waals surface area contributed by atoms with E-state index in [0.717, 1.165) is 44.0 Å². The summed E-state index contributed by atoms with van der Waals surface area (Å²) in [5.41, 5.74) is 0. The summed E-state index contributed by atoms with van der Waals surface area (Å²) in [6, 6.07) is 1.74. The third kappa shape index (κ3) is 3.56.